The van der Waals surface area contributed by atoms with Crippen LogP contribution in [0.1, 0.15) is 107 Å². The molecule has 4 rings (SSSR count). The van der Waals surface area contributed by atoms with Crippen LogP contribution in [0.2, 0.25) is 0 Å². The minimum Gasteiger partial charge on any atom is -0.493 e. The SMILES string of the molecule is CC(C)(COc1cccc(OC2CC(NC(C)(C)C)C2)c1)CC(C)(C)c1ccc(OC2CC(NC(C)(C)C)C2)nc1. The van der Waals surface area contributed by atoms with Crippen LogP contribution < -0.4 is 24.8 Å². The van der Waals surface area contributed by atoms with E-state index >= 15 is 0 Å². The second kappa shape index (κ2) is 12.1. The molecule has 2 fully saturated rings. The highest BCUT2D eigenvalue weighted by molar-refractivity contribution is 5.33. The summed E-state index contributed by atoms with van der Waals surface area (Å²) >= 11 is 0. The zero-order valence-electron chi connectivity index (χ0n) is 27.3. The van der Waals surface area contributed by atoms with Gasteiger partial charge in [-0.15, -0.1) is 0 Å². The fourth-order valence-corrected chi connectivity index (χ4v) is 6.26. The summed E-state index contributed by atoms with van der Waals surface area (Å²) in [5, 5.41) is 7.30. The number of rotatable bonds is 12. The highest BCUT2D eigenvalue weighted by Crippen LogP contribution is 2.38. The maximum Gasteiger partial charge on any atom is 0.213 e. The standard InChI is InChI=1S/C35H55N3O3/c1-32(2,3)37-25-16-29(17-25)40-28-13-11-12-27(20-28)39-23-34(7,8)22-35(9,10)24-14-15-31(36-21-24)41-30-18-26(19-30)38-33(4,5)6/h11-15,20-21,25-26,29-30,37-38H,16-19,22-23H2,1-10H3. The molecule has 2 aliphatic rings. The van der Waals surface area contributed by atoms with E-state index in [9.17, 15) is 0 Å². The molecule has 0 saturated heterocycles. The monoisotopic (exact) mass is 565 g/mol. The highest BCUT2D eigenvalue weighted by Gasteiger charge is 2.35. The molecule has 228 valence electrons. The lowest BCUT2D eigenvalue weighted by Crippen LogP contribution is -2.53. The molecular formula is C35H55N3O3. The summed E-state index contributed by atoms with van der Waals surface area (Å²) in [5.74, 6) is 2.46. The average molecular weight is 566 g/mol. The predicted molar refractivity (Wildman–Crippen MR) is 168 cm³/mol. The van der Waals surface area contributed by atoms with E-state index in [1.54, 1.807) is 0 Å². The number of nitrogens with one attached hydrogen (secondary N) is 2. The van der Waals surface area contributed by atoms with Crippen molar-refractivity contribution >= 4 is 0 Å². The molecule has 0 radical (unpaired) electrons. The van der Waals surface area contributed by atoms with E-state index in [0.717, 1.165) is 49.5 Å². The van der Waals surface area contributed by atoms with Gasteiger partial charge in [0.2, 0.25) is 5.88 Å². The maximum absolute atomic E-state index is 6.30. The first-order valence-electron chi connectivity index (χ1n) is 15.5. The molecule has 1 heterocycles. The second-order valence-electron chi connectivity index (χ2n) is 16.0. The molecule has 0 spiro atoms. The summed E-state index contributed by atoms with van der Waals surface area (Å²) < 4.78 is 18.7. The van der Waals surface area contributed by atoms with Crippen molar-refractivity contribution < 1.29 is 14.2 Å². The van der Waals surface area contributed by atoms with Crippen LogP contribution >= 0.6 is 0 Å². The number of ether oxygens (including phenoxy) is 3. The van der Waals surface area contributed by atoms with Gasteiger partial charge in [-0.1, -0.05) is 39.8 Å². The minimum atomic E-state index is -0.0522. The predicted octanol–water partition coefficient (Wildman–Crippen LogP) is 7.45. The lowest BCUT2D eigenvalue weighted by atomic mass is 9.72. The van der Waals surface area contributed by atoms with Gasteiger partial charge in [-0.2, -0.15) is 0 Å². The Morgan fingerprint density at radius 2 is 1.29 bits per heavy atom. The maximum atomic E-state index is 6.30. The van der Waals surface area contributed by atoms with Crippen molar-refractivity contribution in [1.29, 1.82) is 0 Å². The lowest BCUT2D eigenvalue weighted by Gasteiger charge is -2.40. The molecule has 0 atom stereocenters. The van der Waals surface area contributed by atoms with E-state index in [0.29, 0.717) is 18.7 Å². The van der Waals surface area contributed by atoms with Crippen molar-refractivity contribution in [3.63, 3.8) is 0 Å². The Kier molecular flexibility index (Phi) is 9.35. The molecule has 2 saturated carbocycles. The van der Waals surface area contributed by atoms with Gasteiger partial charge in [-0.05, 0) is 102 Å². The minimum absolute atomic E-state index is 0.0314. The van der Waals surface area contributed by atoms with Gasteiger partial charge in [-0.3, -0.25) is 0 Å². The zero-order chi connectivity index (χ0) is 30.1. The second-order valence-corrected chi connectivity index (χ2v) is 16.0. The first-order valence-corrected chi connectivity index (χ1v) is 15.5. The Morgan fingerprint density at radius 1 is 0.732 bits per heavy atom. The zero-order valence-corrected chi connectivity index (χ0v) is 27.3. The van der Waals surface area contributed by atoms with E-state index < -0.39 is 0 Å². The Morgan fingerprint density at radius 3 is 1.83 bits per heavy atom. The quantitative estimate of drug-likeness (QED) is 0.279. The number of hydrogen-bond donors (Lipinski definition) is 2. The van der Waals surface area contributed by atoms with E-state index in [1.807, 2.05) is 36.5 Å². The largest absolute Gasteiger partial charge is 0.493 e. The third-order valence-corrected chi connectivity index (χ3v) is 7.93. The first kappa shape index (κ1) is 31.6. The first-order chi connectivity index (χ1) is 18.9. The topological polar surface area (TPSA) is 64.6 Å². The third kappa shape index (κ3) is 9.89. The number of nitrogens with zero attached hydrogens (tertiary/aromatic N) is 1. The van der Waals surface area contributed by atoms with Crippen LogP contribution in [0.25, 0.3) is 0 Å². The molecule has 6 nitrogen and oxygen atoms in total. The summed E-state index contributed by atoms with van der Waals surface area (Å²) in [6.45, 7) is 23.0. The van der Waals surface area contributed by atoms with Crippen LogP contribution in [0.15, 0.2) is 42.6 Å². The van der Waals surface area contributed by atoms with Crippen LogP contribution in [0.4, 0.5) is 0 Å². The molecule has 1 aromatic carbocycles. The smallest absolute Gasteiger partial charge is 0.213 e. The van der Waals surface area contributed by atoms with Gasteiger partial charge < -0.3 is 24.8 Å². The van der Waals surface area contributed by atoms with Crippen LogP contribution in [-0.2, 0) is 5.41 Å². The van der Waals surface area contributed by atoms with Crippen molar-refractivity contribution in [2.24, 2.45) is 5.41 Å². The van der Waals surface area contributed by atoms with E-state index in [1.165, 1.54) is 5.56 Å². The van der Waals surface area contributed by atoms with E-state index in [4.69, 9.17) is 14.2 Å². The molecule has 0 aliphatic heterocycles. The molecular weight excluding hydrogens is 510 g/mol. The molecule has 2 aliphatic carbocycles. The van der Waals surface area contributed by atoms with Gasteiger partial charge in [-0.25, -0.2) is 4.98 Å². The fraction of sp³-hybridized carbons (Fsp3) is 0.686. The fourth-order valence-electron chi connectivity index (χ4n) is 6.26. The molecule has 2 N–H and O–H groups in total. The van der Waals surface area contributed by atoms with Crippen molar-refractivity contribution in [3.05, 3.63) is 48.2 Å². The molecule has 2 aromatic rings. The lowest BCUT2D eigenvalue weighted by molar-refractivity contribution is 0.0693. The number of benzene rings is 1. The third-order valence-electron chi connectivity index (χ3n) is 7.93. The molecule has 0 unspecified atom stereocenters. The van der Waals surface area contributed by atoms with Crippen molar-refractivity contribution in [2.75, 3.05) is 6.61 Å². The summed E-state index contributed by atoms with van der Waals surface area (Å²) in [4.78, 5) is 4.67. The van der Waals surface area contributed by atoms with Crippen LogP contribution in [0.5, 0.6) is 17.4 Å². The van der Waals surface area contributed by atoms with Crippen molar-refractivity contribution in [3.8, 4) is 17.4 Å². The highest BCUT2D eigenvalue weighted by atomic mass is 16.5. The van der Waals surface area contributed by atoms with Crippen LogP contribution in [-0.4, -0.2) is 47.0 Å². The normalized spacial score (nSPS) is 23.4. The Labute approximate surface area is 249 Å². The van der Waals surface area contributed by atoms with E-state index in [2.05, 4.69) is 90.9 Å². The number of pyridine rings is 1. The average Bonchev–Trinajstić information content (AvgIpc) is 2.78. The van der Waals surface area contributed by atoms with Gasteiger partial charge in [0.25, 0.3) is 0 Å². The molecule has 0 bridgehead atoms. The Balaban J connectivity index is 1.23. The van der Waals surface area contributed by atoms with Crippen molar-refractivity contribution in [1.82, 2.24) is 15.6 Å². The van der Waals surface area contributed by atoms with E-state index in [-0.39, 0.29) is 34.1 Å². The Bertz CT molecular complexity index is 1120. The van der Waals surface area contributed by atoms with Gasteiger partial charge in [0.05, 0.1) is 6.61 Å². The summed E-state index contributed by atoms with van der Waals surface area (Å²) in [6.07, 6.45) is 7.62. The molecule has 41 heavy (non-hydrogen) atoms. The molecule has 6 heteroatoms. The number of aromatic nitrogens is 1. The molecule has 0 amide bonds. The van der Waals surface area contributed by atoms with Crippen molar-refractivity contribution in [2.45, 2.75) is 142 Å². The number of hydrogen-bond acceptors (Lipinski definition) is 6. The molecule has 1 aromatic heterocycles. The van der Waals surface area contributed by atoms with Crippen LogP contribution in [0.3, 0.4) is 0 Å². The van der Waals surface area contributed by atoms with Gasteiger partial charge in [0, 0.05) is 41.5 Å². The van der Waals surface area contributed by atoms with Gasteiger partial charge in [0.15, 0.2) is 0 Å². The Hall–Kier alpha value is -2.31. The summed E-state index contributed by atoms with van der Waals surface area (Å²) in [7, 11) is 0. The summed E-state index contributed by atoms with van der Waals surface area (Å²) in [5.41, 5.74) is 1.42. The van der Waals surface area contributed by atoms with Gasteiger partial charge in [0.1, 0.15) is 23.7 Å². The van der Waals surface area contributed by atoms with Gasteiger partial charge >= 0.3 is 0 Å². The van der Waals surface area contributed by atoms with Crippen LogP contribution in [0, 0.1) is 5.41 Å². The summed E-state index contributed by atoms with van der Waals surface area (Å²) in [6, 6.07) is 13.4.